The number of nitrogens with zero attached hydrogens (tertiary/aromatic N) is 1. The molecular formula is C77H126N14O17. The third-order valence-electron chi connectivity index (χ3n) is 19.4. The van der Waals surface area contributed by atoms with E-state index >= 15 is 4.79 Å². The van der Waals surface area contributed by atoms with E-state index in [2.05, 4.69) is 77.6 Å². The summed E-state index contributed by atoms with van der Waals surface area (Å²) >= 11 is 0. The number of carboxylic acid groups (broad SMARTS) is 1. The fourth-order valence-corrected chi connectivity index (χ4v) is 12.5. The van der Waals surface area contributed by atoms with Gasteiger partial charge in [-0.3, -0.25) is 67.1 Å². The van der Waals surface area contributed by atoms with Gasteiger partial charge < -0.3 is 84.3 Å². The second kappa shape index (κ2) is 45.7. The molecule has 1 aromatic carbocycles. The Labute approximate surface area is 637 Å². The number of aliphatic carboxylic acids is 1. The molecule has 0 bridgehead atoms. The van der Waals surface area contributed by atoms with Crippen LogP contribution in [0.4, 0.5) is 0 Å². The van der Waals surface area contributed by atoms with Crippen molar-refractivity contribution in [2.45, 2.75) is 287 Å². The van der Waals surface area contributed by atoms with Gasteiger partial charge in [-0.25, -0.2) is 4.79 Å². The number of esters is 1. The van der Waals surface area contributed by atoms with Gasteiger partial charge in [-0.05, 0) is 112 Å². The molecule has 2 saturated heterocycles. The van der Waals surface area contributed by atoms with Crippen LogP contribution in [0.5, 0.6) is 0 Å². The molecule has 2 aliphatic rings. The highest BCUT2D eigenvalue weighted by molar-refractivity contribution is 6.03. The summed E-state index contributed by atoms with van der Waals surface area (Å²) in [6, 6.07) is -7.64. The van der Waals surface area contributed by atoms with Crippen LogP contribution >= 0.6 is 0 Å². The molecule has 606 valence electrons. The smallest absolute Gasteiger partial charge is 0.329 e. The summed E-state index contributed by atoms with van der Waals surface area (Å²) in [5.41, 5.74) is 6.33. The second-order valence-electron chi connectivity index (χ2n) is 31.0. The molecule has 0 spiro atoms. The van der Waals surface area contributed by atoms with Crippen LogP contribution in [0.25, 0.3) is 0 Å². The fraction of sp³-hybridized carbons (Fsp3) is 0.701. The lowest BCUT2D eigenvalue weighted by Gasteiger charge is -2.33. The molecule has 1 aromatic rings. The Morgan fingerprint density at radius 1 is 0.583 bits per heavy atom. The van der Waals surface area contributed by atoms with Crippen LogP contribution in [0.1, 0.15) is 207 Å². The van der Waals surface area contributed by atoms with Crippen molar-refractivity contribution in [3.05, 3.63) is 47.7 Å². The van der Waals surface area contributed by atoms with Crippen molar-refractivity contribution in [1.82, 2.24) is 68.7 Å². The minimum absolute atomic E-state index is 0.0393. The Morgan fingerprint density at radius 3 is 1.63 bits per heavy atom. The van der Waals surface area contributed by atoms with Crippen LogP contribution in [0.2, 0.25) is 0 Å². The molecule has 13 amide bonds. The van der Waals surface area contributed by atoms with E-state index in [1.807, 2.05) is 0 Å². The lowest BCUT2D eigenvalue weighted by Crippen LogP contribution is -2.64. The van der Waals surface area contributed by atoms with Gasteiger partial charge in [0.05, 0.1) is 0 Å². The molecule has 108 heavy (non-hydrogen) atoms. The largest absolute Gasteiger partial charge is 0.481 e. The van der Waals surface area contributed by atoms with Crippen molar-refractivity contribution in [2.24, 2.45) is 53.1 Å². The second-order valence-corrected chi connectivity index (χ2v) is 31.0. The third kappa shape index (κ3) is 29.5. The number of allylic oxidation sites excluding steroid dienone is 1. The predicted molar refractivity (Wildman–Crippen MR) is 405 cm³/mol. The van der Waals surface area contributed by atoms with Gasteiger partial charge in [-0.15, -0.1) is 0 Å². The molecule has 31 heteroatoms. The van der Waals surface area contributed by atoms with Crippen LogP contribution < -0.4 is 69.5 Å². The molecule has 0 aliphatic carbocycles. The number of benzene rings is 1. The average Bonchev–Trinajstić information content (AvgIpc) is 1.44. The zero-order valence-corrected chi connectivity index (χ0v) is 66.7. The van der Waals surface area contributed by atoms with Gasteiger partial charge in [0.2, 0.25) is 70.9 Å². The number of rotatable bonds is 36. The summed E-state index contributed by atoms with van der Waals surface area (Å²) in [6.45, 7) is 30.2. The number of carbonyl (C=O) groups excluding carboxylic acids is 14. The monoisotopic (exact) mass is 1520 g/mol. The normalized spacial score (nSPS) is 21.7. The molecule has 31 nitrogen and oxygen atoms in total. The van der Waals surface area contributed by atoms with Crippen molar-refractivity contribution in [3.63, 3.8) is 0 Å². The summed E-state index contributed by atoms with van der Waals surface area (Å²) in [4.78, 5) is 214. The molecule has 14 atom stereocenters. The number of amides is 13. The first kappa shape index (κ1) is 93.2. The SMILES string of the molecule is C/C=C1\NC(=O)[C@H](Cc2ccccc2)NC(=O)C(C(C)C)NC(=O)C(C(C)C)NC(=O)[C@H](NC(=O)[C@H](NC(=O)[C@H](CCCN)NC(=O)[C@H]2CCCN2C(=O)C(NC(=O)C(NC(=O)C(NC(=O)[C@@H](CCC(=O)O)NC(=O)CCCCCC(C)C)C(C)C)C(C)C)C(C)C)[C@@H](C)CC)[C@@H](C)OC(=O)C(C(C)C)NC1=O. The number of cyclic esters (lactones) is 1. The number of ether oxygens (including phenoxy) is 1. The van der Waals surface area contributed by atoms with E-state index in [1.54, 1.807) is 127 Å². The summed E-state index contributed by atoms with van der Waals surface area (Å²) in [5.74, 6) is -16.5. The molecule has 0 aromatic heterocycles. The number of likely N-dealkylation sites (tertiary alicyclic amines) is 1. The minimum Gasteiger partial charge on any atom is -0.481 e. The number of nitrogens with two attached hydrogens (primary N) is 1. The molecule has 2 aliphatic heterocycles. The van der Waals surface area contributed by atoms with Crippen LogP contribution in [-0.4, -0.2) is 190 Å². The van der Waals surface area contributed by atoms with Gasteiger partial charge in [0.15, 0.2) is 0 Å². The van der Waals surface area contributed by atoms with Crippen molar-refractivity contribution in [2.75, 3.05) is 13.1 Å². The number of unbranched alkanes of at least 4 members (excludes halogenated alkanes) is 2. The molecule has 2 heterocycles. The zero-order chi connectivity index (χ0) is 81.6. The Hall–Kier alpha value is -9.03. The third-order valence-corrected chi connectivity index (χ3v) is 19.4. The van der Waals surface area contributed by atoms with Gasteiger partial charge in [-0.1, -0.05) is 173 Å². The number of carbonyl (C=O) groups is 15. The summed E-state index contributed by atoms with van der Waals surface area (Å²) in [7, 11) is 0. The van der Waals surface area contributed by atoms with E-state index in [-0.39, 0.29) is 63.7 Å². The number of hydrogen-bond acceptors (Lipinski definition) is 17. The van der Waals surface area contributed by atoms with Crippen LogP contribution in [0.15, 0.2) is 42.1 Å². The highest BCUT2D eigenvalue weighted by Crippen LogP contribution is 2.23. The average molecular weight is 1520 g/mol. The van der Waals surface area contributed by atoms with Crippen molar-refractivity contribution < 1.29 is 81.8 Å². The molecular weight excluding hydrogens is 1390 g/mol. The van der Waals surface area contributed by atoms with E-state index in [9.17, 15) is 72.2 Å². The lowest BCUT2D eigenvalue weighted by molar-refractivity contribution is -0.157. The predicted octanol–water partition coefficient (Wildman–Crippen LogP) is 2.71. The quantitative estimate of drug-likeness (QED) is 0.0261. The zero-order valence-electron chi connectivity index (χ0n) is 66.7. The Balaban J connectivity index is 1.97. The summed E-state index contributed by atoms with van der Waals surface area (Å²) in [6.07, 6.45) is 3.21. The molecule has 0 saturated carbocycles. The van der Waals surface area contributed by atoms with Gasteiger partial charge in [-0.2, -0.15) is 0 Å². The summed E-state index contributed by atoms with van der Waals surface area (Å²) in [5, 5.41) is 41.8. The van der Waals surface area contributed by atoms with E-state index in [4.69, 9.17) is 10.5 Å². The van der Waals surface area contributed by atoms with Gasteiger partial charge >= 0.3 is 11.9 Å². The molecule has 3 rings (SSSR count). The van der Waals surface area contributed by atoms with E-state index < -0.39 is 215 Å². The highest BCUT2D eigenvalue weighted by atomic mass is 16.5. The molecule has 6 unspecified atom stereocenters. The Morgan fingerprint density at radius 2 is 1.11 bits per heavy atom. The Kier molecular flexibility index (Phi) is 39.4. The maximum absolute atomic E-state index is 15.0. The number of hydrogen-bond donors (Lipinski definition) is 14. The first-order chi connectivity index (χ1) is 50.7. The fourth-order valence-electron chi connectivity index (χ4n) is 12.5. The standard InChI is InChI=1S/C77H126N14O17/c1-19-47(17)63(74(104)90-64-48(18)108-77(107)62(46(15)16)88-65(95)50(20-2)80-68(98)53(39-49-30-24-22-25-31-49)82-70(100)57(41(5)6)84-72(102)59(43(9)10)86-75(64)105)89-66(96)51(32-27-37-78)81-69(99)54-33-28-38-91(54)76(106)61(45(13)14)87-73(103)60(44(11)12)85-71(101)58(42(7)8)83-67(97)52(35-36-56(93)94)79-55(92)34-26-21-23-29-40(3)4/h20,22,24-25,30-31,40-48,51-54,57-64H,19,21,23,26-29,32-39,78H2,1-18H3,(H,79,92)(H,80,98)(H,81,99)(H,82,100)(H,83,97)(H,84,102)(H,85,101)(H,86,105)(H,87,103)(H,88,95)(H,89,96)(H,90,104)(H,93,94)/b50-20-/t47-,48+,51-,52+,53-,54+,57?,58?,59?,60?,61?,62?,63+,64+/m0/s1. The molecule has 0 radical (unpaired) electrons. The van der Waals surface area contributed by atoms with Gasteiger partial charge in [0.1, 0.15) is 84.3 Å². The lowest BCUT2D eigenvalue weighted by atomic mass is 9.96. The maximum atomic E-state index is 15.0. The van der Waals surface area contributed by atoms with Crippen molar-refractivity contribution in [1.29, 1.82) is 0 Å². The van der Waals surface area contributed by atoms with Crippen molar-refractivity contribution in [3.8, 4) is 0 Å². The first-order valence-electron chi connectivity index (χ1n) is 38.5. The van der Waals surface area contributed by atoms with E-state index in [0.717, 1.165) is 19.3 Å². The highest BCUT2D eigenvalue weighted by Gasteiger charge is 2.44. The van der Waals surface area contributed by atoms with Gasteiger partial charge in [0, 0.05) is 25.8 Å². The minimum atomic E-state index is -1.83. The van der Waals surface area contributed by atoms with Gasteiger partial charge in [0.25, 0.3) is 5.91 Å². The number of carboxylic acids is 1. The molecule has 2 fully saturated rings. The van der Waals surface area contributed by atoms with Crippen molar-refractivity contribution >= 4 is 88.7 Å². The number of nitrogens with one attached hydrogen (secondary N) is 12. The topological polar surface area (TPSA) is 459 Å². The van der Waals surface area contributed by atoms with E-state index in [1.165, 1.54) is 24.8 Å². The van der Waals surface area contributed by atoms with Crippen LogP contribution in [0, 0.1) is 47.3 Å². The van der Waals surface area contributed by atoms with Crippen LogP contribution in [0.3, 0.4) is 0 Å². The van der Waals surface area contributed by atoms with E-state index in [0.29, 0.717) is 24.3 Å². The maximum Gasteiger partial charge on any atom is 0.329 e. The molecule has 15 N–H and O–H groups in total. The first-order valence-corrected chi connectivity index (χ1v) is 38.5. The van der Waals surface area contributed by atoms with Crippen LogP contribution in [-0.2, 0) is 83.1 Å². The summed E-state index contributed by atoms with van der Waals surface area (Å²) < 4.78 is 5.94. The Bertz CT molecular complexity index is 3270.